The Kier molecular flexibility index (Phi) is 8.48. The molecule has 0 heterocycles. The molecule has 1 aliphatic rings. The maximum absolute atomic E-state index is 13.6. The Balaban J connectivity index is 1.83. The number of hydrogen-bond donors (Lipinski definition) is 1. The van der Waals surface area contributed by atoms with E-state index in [1.54, 1.807) is 0 Å². The summed E-state index contributed by atoms with van der Waals surface area (Å²) in [6.07, 6.45) is 7.39. The van der Waals surface area contributed by atoms with Crippen LogP contribution < -0.4 is 5.43 Å². The summed E-state index contributed by atoms with van der Waals surface area (Å²) in [6, 6.07) is 15.1. The summed E-state index contributed by atoms with van der Waals surface area (Å²) in [4.78, 5) is 26.4. The quantitative estimate of drug-likeness (QED) is 0.422. The molecule has 32 heavy (non-hydrogen) atoms. The van der Waals surface area contributed by atoms with E-state index < -0.39 is 6.09 Å². The van der Waals surface area contributed by atoms with Crippen LogP contribution in [0.3, 0.4) is 0 Å². The number of amides is 2. The minimum Gasteiger partial charge on any atom is -0.443 e. The molecule has 0 bridgehead atoms. The number of carbonyl (C=O) groups is 2. The van der Waals surface area contributed by atoms with Crippen LogP contribution in [0.1, 0.15) is 65.6 Å². The number of rotatable bonds is 7. The third kappa shape index (κ3) is 6.46. The van der Waals surface area contributed by atoms with Crippen molar-refractivity contribution in [2.45, 2.75) is 65.0 Å². The zero-order valence-electron chi connectivity index (χ0n) is 19.2. The first-order valence-corrected chi connectivity index (χ1v) is 11.5. The Morgan fingerprint density at radius 2 is 1.75 bits per heavy atom. The van der Waals surface area contributed by atoms with Crippen molar-refractivity contribution >= 4 is 12.0 Å². The average molecular weight is 435 g/mol. The molecule has 2 amide bonds. The van der Waals surface area contributed by atoms with Gasteiger partial charge in [-0.1, -0.05) is 72.9 Å². The van der Waals surface area contributed by atoms with Crippen LogP contribution >= 0.6 is 0 Å². The lowest BCUT2D eigenvalue weighted by Crippen LogP contribution is -2.54. The van der Waals surface area contributed by atoms with Crippen molar-refractivity contribution in [3.63, 3.8) is 0 Å². The highest BCUT2D eigenvalue weighted by molar-refractivity contribution is 5.95. The van der Waals surface area contributed by atoms with Gasteiger partial charge in [0.2, 0.25) is 0 Å². The molecule has 170 valence electrons. The predicted octanol–water partition coefficient (Wildman–Crippen LogP) is 6.11. The first-order chi connectivity index (χ1) is 15.5. The Bertz CT molecular complexity index is 900. The molecule has 0 aliphatic heterocycles. The van der Waals surface area contributed by atoms with Gasteiger partial charge in [-0.15, -0.1) is 6.58 Å². The molecule has 1 N–H and O–H groups in total. The number of benzene rings is 2. The van der Waals surface area contributed by atoms with E-state index in [0.29, 0.717) is 17.9 Å². The highest BCUT2D eigenvalue weighted by atomic mass is 16.6. The van der Waals surface area contributed by atoms with Crippen LogP contribution in [0.5, 0.6) is 0 Å². The largest absolute Gasteiger partial charge is 0.443 e. The smallest absolute Gasteiger partial charge is 0.426 e. The molecule has 1 atom stereocenters. The molecular formula is C27H34N2O3. The number of hydrazine groups is 1. The molecule has 3 rings (SSSR count). The summed E-state index contributed by atoms with van der Waals surface area (Å²) in [5.41, 5.74) is 6.26. The SMILES string of the molecule is C=CC[C@@H](C1CCCCC1)N(NC(=O)OCc1ccccc1)C(=O)c1cc(C)cc(C)c1. The first-order valence-electron chi connectivity index (χ1n) is 11.5. The molecule has 1 saturated carbocycles. The van der Waals surface area contributed by atoms with E-state index in [-0.39, 0.29) is 18.6 Å². The fourth-order valence-corrected chi connectivity index (χ4v) is 4.57. The average Bonchev–Trinajstić information content (AvgIpc) is 2.80. The number of carbonyl (C=O) groups excluding carboxylic acids is 2. The van der Waals surface area contributed by atoms with Crippen molar-refractivity contribution in [2.24, 2.45) is 5.92 Å². The van der Waals surface area contributed by atoms with Crippen LogP contribution in [0.4, 0.5) is 4.79 Å². The van der Waals surface area contributed by atoms with Crippen LogP contribution in [0.15, 0.2) is 61.2 Å². The highest BCUT2D eigenvalue weighted by Gasteiger charge is 2.33. The third-order valence-corrected chi connectivity index (χ3v) is 6.05. The molecule has 5 heteroatoms. The van der Waals surface area contributed by atoms with Gasteiger partial charge in [0.05, 0.1) is 6.04 Å². The molecule has 2 aromatic carbocycles. The Morgan fingerprint density at radius 1 is 1.09 bits per heavy atom. The number of ether oxygens (including phenoxy) is 1. The number of aryl methyl sites for hydroxylation is 2. The lowest BCUT2D eigenvalue weighted by Gasteiger charge is -2.38. The molecule has 0 unspecified atom stereocenters. The Labute approximate surface area is 191 Å². The minimum absolute atomic E-state index is 0.147. The zero-order valence-corrected chi connectivity index (χ0v) is 19.2. The summed E-state index contributed by atoms with van der Waals surface area (Å²) in [5.74, 6) is 0.0944. The fourth-order valence-electron chi connectivity index (χ4n) is 4.57. The van der Waals surface area contributed by atoms with Gasteiger partial charge in [0.25, 0.3) is 5.91 Å². The fraction of sp³-hybridized carbons (Fsp3) is 0.407. The van der Waals surface area contributed by atoms with Crippen molar-refractivity contribution in [3.8, 4) is 0 Å². The summed E-state index contributed by atoms with van der Waals surface area (Å²) >= 11 is 0. The second kappa shape index (κ2) is 11.5. The monoisotopic (exact) mass is 434 g/mol. The van der Waals surface area contributed by atoms with Crippen molar-refractivity contribution in [1.29, 1.82) is 0 Å². The maximum atomic E-state index is 13.6. The molecule has 0 saturated heterocycles. The van der Waals surface area contributed by atoms with Crippen LogP contribution in [-0.4, -0.2) is 23.1 Å². The minimum atomic E-state index is -0.628. The molecule has 2 aromatic rings. The van der Waals surface area contributed by atoms with E-state index in [0.717, 1.165) is 42.4 Å². The predicted molar refractivity (Wildman–Crippen MR) is 127 cm³/mol. The summed E-state index contributed by atoms with van der Waals surface area (Å²) < 4.78 is 5.44. The molecule has 0 radical (unpaired) electrons. The first kappa shape index (κ1) is 23.6. The summed E-state index contributed by atoms with van der Waals surface area (Å²) in [5, 5.41) is 1.50. The van der Waals surface area contributed by atoms with Crippen LogP contribution in [-0.2, 0) is 11.3 Å². The van der Waals surface area contributed by atoms with Gasteiger partial charge in [-0.2, -0.15) is 0 Å². The third-order valence-electron chi connectivity index (χ3n) is 6.05. The Morgan fingerprint density at radius 3 is 2.38 bits per heavy atom. The lowest BCUT2D eigenvalue weighted by molar-refractivity contribution is 0.0341. The zero-order chi connectivity index (χ0) is 22.9. The van der Waals surface area contributed by atoms with E-state index in [1.165, 1.54) is 11.4 Å². The molecule has 1 aliphatic carbocycles. The van der Waals surface area contributed by atoms with Gasteiger partial charge in [-0.05, 0) is 56.7 Å². The van der Waals surface area contributed by atoms with E-state index >= 15 is 0 Å². The summed E-state index contributed by atoms with van der Waals surface area (Å²) in [7, 11) is 0. The van der Waals surface area contributed by atoms with Crippen molar-refractivity contribution in [1.82, 2.24) is 10.4 Å². The number of nitrogens with zero attached hydrogens (tertiary/aromatic N) is 1. The van der Waals surface area contributed by atoms with Gasteiger partial charge in [0.1, 0.15) is 6.61 Å². The van der Waals surface area contributed by atoms with E-state index in [4.69, 9.17) is 4.74 Å². The molecule has 5 nitrogen and oxygen atoms in total. The van der Waals surface area contributed by atoms with Gasteiger partial charge in [0, 0.05) is 5.56 Å². The van der Waals surface area contributed by atoms with E-state index in [9.17, 15) is 9.59 Å². The topological polar surface area (TPSA) is 58.6 Å². The van der Waals surface area contributed by atoms with Gasteiger partial charge >= 0.3 is 6.09 Å². The molecule has 0 aromatic heterocycles. The molecule has 0 spiro atoms. The van der Waals surface area contributed by atoms with E-state index in [1.807, 2.05) is 68.5 Å². The van der Waals surface area contributed by atoms with Crippen molar-refractivity contribution in [3.05, 3.63) is 83.4 Å². The van der Waals surface area contributed by atoms with E-state index in [2.05, 4.69) is 12.0 Å². The van der Waals surface area contributed by atoms with Crippen molar-refractivity contribution < 1.29 is 14.3 Å². The second-order valence-corrected chi connectivity index (χ2v) is 8.71. The lowest BCUT2D eigenvalue weighted by atomic mass is 9.82. The van der Waals surface area contributed by atoms with Gasteiger partial charge in [0.15, 0.2) is 0 Å². The maximum Gasteiger partial charge on any atom is 0.426 e. The standard InChI is InChI=1S/C27H34N2O3/c1-4-11-25(23-14-9-6-10-15-23)29(26(30)24-17-20(2)16-21(3)18-24)28-27(31)32-19-22-12-7-5-8-13-22/h4-5,7-8,12-13,16-18,23,25H,1,6,9-11,14-15,19H2,2-3H3,(H,28,31)/t25-/m0/s1. The normalized spacial score (nSPS) is 14.9. The summed E-state index contributed by atoms with van der Waals surface area (Å²) in [6.45, 7) is 8.00. The number of hydrogen-bond acceptors (Lipinski definition) is 3. The Hall–Kier alpha value is -3.08. The van der Waals surface area contributed by atoms with Crippen LogP contribution in [0.25, 0.3) is 0 Å². The second-order valence-electron chi connectivity index (χ2n) is 8.71. The van der Waals surface area contributed by atoms with Crippen LogP contribution in [0, 0.1) is 19.8 Å². The van der Waals surface area contributed by atoms with Gasteiger partial charge in [-0.25, -0.2) is 15.2 Å². The highest BCUT2D eigenvalue weighted by Crippen LogP contribution is 2.31. The van der Waals surface area contributed by atoms with Gasteiger partial charge < -0.3 is 4.74 Å². The van der Waals surface area contributed by atoms with Crippen LogP contribution in [0.2, 0.25) is 0 Å². The molecule has 1 fully saturated rings. The van der Waals surface area contributed by atoms with Crippen molar-refractivity contribution in [2.75, 3.05) is 0 Å². The molecular weight excluding hydrogens is 400 g/mol. The van der Waals surface area contributed by atoms with Gasteiger partial charge in [-0.3, -0.25) is 4.79 Å². The number of nitrogens with one attached hydrogen (secondary N) is 1.